The summed E-state index contributed by atoms with van der Waals surface area (Å²) in [7, 11) is 0. The summed E-state index contributed by atoms with van der Waals surface area (Å²) in [4.78, 5) is 19.4. The molecular weight excluding hydrogens is 476 g/mol. The molecule has 1 unspecified atom stereocenters. The number of fused-ring (bicyclic) bond motifs is 1. The Balaban J connectivity index is 1.72. The standard InChI is InChI=1S/C25H28F4N6O/c1-4-17-13-35(22-11-23(36)31-21-14-33(9-8-30)32-24(21)22)18(5-2)12-34(17)15(3)19-7-6-16(26)10-20(19)25(27,28)29/h6-7,10-11,14-15,17-18H,4-5,9,12-13H2,1-3H3,(H,31,36)/t15?,17-,18+/m1/s1. The van der Waals surface area contributed by atoms with Crippen LogP contribution in [-0.2, 0) is 12.7 Å². The third kappa shape index (κ3) is 4.82. The van der Waals surface area contributed by atoms with Gasteiger partial charge in [0, 0.05) is 37.3 Å². The van der Waals surface area contributed by atoms with Gasteiger partial charge in [0.25, 0.3) is 5.56 Å². The van der Waals surface area contributed by atoms with Crippen molar-refractivity contribution in [2.24, 2.45) is 0 Å². The van der Waals surface area contributed by atoms with Gasteiger partial charge in [0.2, 0.25) is 0 Å². The number of hydrogen-bond acceptors (Lipinski definition) is 5. The van der Waals surface area contributed by atoms with E-state index in [4.69, 9.17) is 5.26 Å². The SMILES string of the molecule is CC[C@H]1CN(C(C)c2ccc(F)cc2C(F)(F)F)[C@H](CC)CN1c1cc(=O)[nH]c2cn(CC#N)nc12. The van der Waals surface area contributed by atoms with Crippen molar-refractivity contribution in [2.45, 2.75) is 64.5 Å². The van der Waals surface area contributed by atoms with E-state index in [0.29, 0.717) is 48.7 Å². The summed E-state index contributed by atoms with van der Waals surface area (Å²) in [6.07, 6.45) is -1.71. The molecule has 3 atom stereocenters. The van der Waals surface area contributed by atoms with Gasteiger partial charge in [-0.25, -0.2) is 4.39 Å². The minimum Gasteiger partial charge on any atom is -0.364 e. The molecule has 1 N–H and O–H groups in total. The van der Waals surface area contributed by atoms with E-state index in [9.17, 15) is 22.4 Å². The predicted octanol–water partition coefficient (Wildman–Crippen LogP) is 4.85. The lowest BCUT2D eigenvalue weighted by Crippen LogP contribution is -2.59. The minimum atomic E-state index is -4.67. The van der Waals surface area contributed by atoms with Crippen molar-refractivity contribution in [2.75, 3.05) is 18.0 Å². The van der Waals surface area contributed by atoms with Crippen LogP contribution in [0.25, 0.3) is 11.0 Å². The third-order valence-electron chi connectivity index (χ3n) is 7.02. The first kappa shape index (κ1) is 25.7. The monoisotopic (exact) mass is 504 g/mol. The van der Waals surface area contributed by atoms with Crippen molar-refractivity contribution in [3.05, 3.63) is 57.8 Å². The molecule has 192 valence electrons. The van der Waals surface area contributed by atoms with E-state index < -0.39 is 23.6 Å². The second-order valence-electron chi connectivity index (χ2n) is 9.14. The Labute approximate surface area is 205 Å². The van der Waals surface area contributed by atoms with Gasteiger partial charge in [0.15, 0.2) is 0 Å². The van der Waals surface area contributed by atoms with Crippen molar-refractivity contribution < 1.29 is 17.6 Å². The molecule has 0 aliphatic carbocycles. The third-order valence-corrected chi connectivity index (χ3v) is 7.02. The molecule has 3 heterocycles. The number of nitrogens with zero attached hydrogens (tertiary/aromatic N) is 5. The highest BCUT2D eigenvalue weighted by atomic mass is 19.4. The molecule has 0 bridgehead atoms. The number of pyridine rings is 1. The first-order chi connectivity index (χ1) is 17.1. The number of nitriles is 1. The number of alkyl halides is 3. The number of piperazine rings is 1. The van der Waals surface area contributed by atoms with E-state index in [1.165, 1.54) is 16.8 Å². The van der Waals surface area contributed by atoms with E-state index in [1.807, 2.05) is 24.8 Å². The molecular formula is C25H28F4N6O. The summed E-state index contributed by atoms with van der Waals surface area (Å²) in [6.45, 7) is 6.66. The highest BCUT2D eigenvalue weighted by Gasteiger charge is 2.40. The molecule has 1 aliphatic rings. The second kappa shape index (κ2) is 9.93. The summed E-state index contributed by atoms with van der Waals surface area (Å²) < 4.78 is 56.4. The summed E-state index contributed by atoms with van der Waals surface area (Å²) in [5.41, 5.74) is 0.513. The van der Waals surface area contributed by atoms with Crippen molar-refractivity contribution in [3.63, 3.8) is 0 Å². The number of aromatic amines is 1. The zero-order valence-electron chi connectivity index (χ0n) is 20.3. The number of rotatable bonds is 6. The molecule has 36 heavy (non-hydrogen) atoms. The highest BCUT2D eigenvalue weighted by Crippen LogP contribution is 2.39. The van der Waals surface area contributed by atoms with Crippen molar-refractivity contribution in [1.29, 1.82) is 5.26 Å². The molecule has 1 aliphatic heterocycles. The maximum Gasteiger partial charge on any atom is 0.416 e. The van der Waals surface area contributed by atoms with Crippen molar-refractivity contribution in [3.8, 4) is 6.07 Å². The van der Waals surface area contributed by atoms with Crippen LogP contribution < -0.4 is 10.5 Å². The van der Waals surface area contributed by atoms with Crippen molar-refractivity contribution in [1.82, 2.24) is 19.7 Å². The Morgan fingerprint density at radius 3 is 2.56 bits per heavy atom. The summed E-state index contributed by atoms with van der Waals surface area (Å²) >= 11 is 0. The Bertz CT molecular complexity index is 1340. The Hall–Kier alpha value is -3.39. The molecule has 1 aromatic carbocycles. The molecule has 1 saturated heterocycles. The van der Waals surface area contributed by atoms with Gasteiger partial charge in [-0.1, -0.05) is 19.9 Å². The second-order valence-corrected chi connectivity index (χ2v) is 9.14. The lowest BCUT2D eigenvalue weighted by molar-refractivity contribution is -0.139. The van der Waals surface area contributed by atoms with E-state index in [0.717, 1.165) is 6.07 Å². The van der Waals surface area contributed by atoms with Crippen LogP contribution >= 0.6 is 0 Å². The van der Waals surface area contributed by atoms with Gasteiger partial charge in [-0.15, -0.1) is 0 Å². The van der Waals surface area contributed by atoms with Crippen LogP contribution in [0.1, 0.15) is 50.8 Å². The minimum absolute atomic E-state index is 0.0371. The van der Waals surface area contributed by atoms with Crippen LogP contribution in [0.4, 0.5) is 23.2 Å². The molecule has 0 amide bonds. The number of anilines is 1. The maximum absolute atomic E-state index is 13.7. The van der Waals surface area contributed by atoms with Crippen LogP contribution in [0, 0.1) is 17.1 Å². The van der Waals surface area contributed by atoms with Gasteiger partial charge >= 0.3 is 6.18 Å². The van der Waals surface area contributed by atoms with Gasteiger partial charge < -0.3 is 9.88 Å². The number of benzene rings is 1. The number of H-pyrrole nitrogens is 1. The smallest absolute Gasteiger partial charge is 0.364 e. The van der Waals surface area contributed by atoms with Gasteiger partial charge in [-0.2, -0.15) is 23.5 Å². The molecule has 11 heteroatoms. The van der Waals surface area contributed by atoms with Gasteiger partial charge in [-0.05, 0) is 37.5 Å². The molecule has 2 aromatic heterocycles. The van der Waals surface area contributed by atoms with Crippen LogP contribution in [0.3, 0.4) is 0 Å². The summed E-state index contributed by atoms with van der Waals surface area (Å²) in [6, 6.07) is 5.56. The van der Waals surface area contributed by atoms with E-state index in [2.05, 4.69) is 15.0 Å². The summed E-state index contributed by atoms with van der Waals surface area (Å²) in [5, 5.41) is 13.5. The fourth-order valence-corrected chi connectivity index (χ4v) is 5.21. The largest absolute Gasteiger partial charge is 0.416 e. The average Bonchev–Trinajstić information content (AvgIpc) is 3.24. The highest BCUT2D eigenvalue weighted by molar-refractivity contribution is 5.87. The normalized spacial score (nSPS) is 20.0. The zero-order valence-corrected chi connectivity index (χ0v) is 20.3. The van der Waals surface area contributed by atoms with Gasteiger partial charge in [0.1, 0.15) is 17.9 Å². The number of nitrogens with one attached hydrogen (secondary N) is 1. The lowest BCUT2D eigenvalue weighted by Gasteiger charge is -2.49. The fourth-order valence-electron chi connectivity index (χ4n) is 5.21. The number of halogens is 4. The molecule has 1 fully saturated rings. The first-order valence-corrected chi connectivity index (χ1v) is 11.9. The van der Waals surface area contributed by atoms with Crippen LogP contribution in [-0.4, -0.2) is 44.8 Å². The van der Waals surface area contributed by atoms with E-state index in [-0.39, 0.29) is 29.8 Å². The van der Waals surface area contributed by atoms with Gasteiger partial charge in [0.05, 0.1) is 29.0 Å². The zero-order chi connectivity index (χ0) is 26.2. The maximum atomic E-state index is 13.7. The van der Waals surface area contributed by atoms with Crippen LogP contribution in [0.15, 0.2) is 35.3 Å². The number of aromatic nitrogens is 3. The van der Waals surface area contributed by atoms with E-state index >= 15 is 0 Å². The molecule has 7 nitrogen and oxygen atoms in total. The lowest BCUT2D eigenvalue weighted by atomic mass is 9.94. The molecule has 0 saturated carbocycles. The quantitative estimate of drug-likeness (QED) is 0.486. The van der Waals surface area contributed by atoms with E-state index in [1.54, 1.807) is 13.1 Å². The Kier molecular flexibility index (Phi) is 7.09. The Morgan fingerprint density at radius 2 is 1.92 bits per heavy atom. The topological polar surface area (TPSA) is 81.0 Å². The van der Waals surface area contributed by atoms with Crippen LogP contribution in [0.2, 0.25) is 0 Å². The van der Waals surface area contributed by atoms with Gasteiger partial charge in [-0.3, -0.25) is 14.4 Å². The first-order valence-electron chi connectivity index (χ1n) is 11.9. The number of hydrogen-bond donors (Lipinski definition) is 1. The van der Waals surface area contributed by atoms with Crippen molar-refractivity contribution >= 4 is 16.7 Å². The molecule has 3 aromatic rings. The molecule has 0 spiro atoms. The average molecular weight is 505 g/mol. The fraction of sp³-hybridized carbons (Fsp3) is 0.480. The van der Waals surface area contributed by atoms with Crippen LogP contribution in [0.5, 0.6) is 0 Å². The summed E-state index contributed by atoms with van der Waals surface area (Å²) in [5.74, 6) is -0.921. The predicted molar refractivity (Wildman–Crippen MR) is 128 cm³/mol. The molecule has 0 radical (unpaired) electrons. The molecule has 4 rings (SSSR count). The Morgan fingerprint density at radius 1 is 1.19 bits per heavy atom.